The number of hydrogen-bond acceptors (Lipinski definition) is 3. The zero-order valence-electron chi connectivity index (χ0n) is 6.66. The minimum Gasteiger partial charge on any atom is -0.389 e. The summed E-state index contributed by atoms with van der Waals surface area (Å²) in [6.45, 7) is 1.85. The zero-order chi connectivity index (χ0) is 8.72. The predicted molar refractivity (Wildman–Crippen MR) is 41.0 cm³/mol. The average molecular weight is 164 g/mol. The Kier molecular flexibility index (Phi) is 1.40. The maximum atomic E-state index is 11.1. The van der Waals surface area contributed by atoms with Crippen LogP contribution in [0.25, 0.3) is 0 Å². The Balaban J connectivity index is 2.50. The summed E-state index contributed by atoms with van der Waals surface area (Å²) >= 11 is 0. The SMILES string of the molecule is CC1=C2C(=O)OC(=O)C2C=CC1. The molecule has 2 aliphatic rings. The molecule has 1 unspecified atom stereocenters. The summed E-state index contributed by atoms with van der Waals surface area (Å²) in [6, 6.07) is 0. The third kappa shape index (κ3) is 0.826. The summed E-state index contributed by atoms with van der Waals surface area (Å²) in [4.78, 5) is 22.1. The van der Waals surface area contributed by atoms with Gasteiger partial charge in [0.2, 0.25) is 0 Å². The van der Waals surface area contributed by atoms with Crippen LogP contribution in [0.2, 0.25) is 0 Å². The summed E-state index contributed by atoms with van der Waals surface area (Å²) in [5.41, 5.74) is 1.49. The molecule has 0 spiro atoms. The Morgan fingerprint density at radius 1 is 1.50 bits per heavy atom. The van der Waals surface area contributed by atoms with Gasteiger partial charge >= 0.3 is 11.9 Å². The third-order valence-corrected chi connectivity index (χ3v) is 2.19. The number of esters is 2. The molecule has 0 aromatic carbocycles. The van der Waals surface area contributed by atoms with Gasteiger partial charge in [-0.15, -0.1) is 0 Å². The molecule has 1 fully saturated rings. The topological polar surface area (TPSA) is 43.4 Å². The van der Waals surface area contributed by atoms with Gasteiger partial charge in [-0.1, -0.05) is 17.7 Å². The van der Waals surface area contributed by atoms with Crippen LogP contribution in [0.15, 0.2) is 23.3 Å². The molecule has 0 saturated carbocycles. The number of carbonyl (C=O) groups is 2. The highest BCUT2D eigenvalue weighted by molar-refractivity contribution is 6.09. The zero-order valence-corrected chi connectivity index (χ0v) is 6.66. The van der Waals surface area contributed by atoms with Gasteiger partial charge in [0.25, 0.3) is 0 Å². The molecule has 1 aliphatic carbocycles. The minimum absolute atomic E-state index is 0.425. The maximum Gasteiger partial charge on any atom is 0.342 e. The van der Waals surface area contributed by atoms with Gasteiger partial charge in [-0.05, 0) is 13.3 Å². The average Bonchev–Trinajstić information content (AvgIpc) is 2.29. The quantitative estimate of drug-likeness (QED) is 0.304. The van der Waals surface area contributed by atoms with Crippen molar-refractivity contribution in [2.24, 2.45) is 5.92 Å². The fourth-order valence-electron chi connectivity index (χ4n) is 1.56. The Hall–Kier alpha value is -1.38. The monoisotopic (exact) mass is 164 g/mol. The van der Waals surface area contributed by atoms with Gasteiger partial charge in [-0.2, -0.15) is 0 Å². The highest BCUT2D eigenvalue weighted by Crippen LogP contribution is 2.31. The van der Waals surface area contributed by atoms with Crippen molar-refractivity contribution in [2.75, 3.05) is 0 Å². The molecule has 12 heavy (non-hydrogen) atoms. The number of ether oxygens (including phenoxy) is 1. The molecule has 3 heteroatoms. The predicted octanol–water partition coefficient (Wildman–Crippen LogP) is 0.962. The number of rotatable bonds is 0. The van der Waals surface area contributed by atoms with E-state index >= 15 is 0 Å². The van der Waals surface area contributed by atoms with Gasteiger partial charge in [-0.3, -0.25) is 4.79 Å². The van der Waals surface area contributed by atoms with Gasteiger partial charge in [0.1, 0.15) is 5.92 Å². The second-order valence-electron chi connectivity index (χ2n) is 3.01. The van der Waals surface area contributed by atoms with Crippen LogP contribution in [-0.4, -0.2) is 11.9 Å². The molecular weight excluding hydrogens is 156 g/mol. The molecule has 3 nitrogen and oxygen atoms in total. The van der Waals surface area contributed by atoms with E-state index in [1.807, 2.05) is 13.0 Å². The first kappa shape index (κ1) is 7.28. The number of cyclic esters (lactones) is 2. The van der Waals surface area contributed by atoms with E-state index in [1.165, 1.54) is 0 Å². The van der Waals surface area contributed by atoms with Crippen molar-refractivity contribution in [3.05, 3.63) is 23.3 Å². The molecule has 0 bridgehead atoms. The summed E-state index contributed by atoms with van der Waals surface area (Å²) < 4.78 is 4.49. The normalized spacial score (nSPS) is 27.6. The number of carbonyl (C=O) groups excluding carboxylic acids is 2. The Morgan fingerprint density at radius 2 is 2.25 bits per heavy atom. The molecule has 1 heterocycles. The van der Waals surface area contributed by atoms with Crippen LogP contribution in [0.1, 0.15) is 13.3 Å². The molecule has 0 aromatic heterocycles. The second-order valence-corrected chi connectivity index (χ2v) is 3.01. The van der Waals surface area contributed by atoms with Crippen molar-refractivity contribution < 1.29 is 14.3 Å². The van der Waals surface area contributed by atoms with E-state index in [9.17, 15) is 9.59 Å². The van der Waals surface area contributed by atoms with Gasteiger partial charge in [0.15, 0.2) is 0 Å². The first-order chi connectivity index (χ1) is 5.70. The number of hydrogen-bond donors (Lipinski definition) is 0. The molecule has 62 valence electrons. The minimum atomic E-state index is -0.466. The smallest absolute Gasteiger partial charge is 0.342 e. The third-order valence-electron chi connectivity index (χ3n) is 2.19. The van der Waals surface area contributed by atoms with Gasteiger partial charge in [0, 0.05) is 0 Å². The van der Waals surface area contributed by atoms with Crippen molar-refractivity contribution >= 4 is 11.9 Å². The molecule has 0 amide bonds. The van der Waals surface area contributed by atoms with Crippen LogP contribution in [0, 0.1) is 5.92 Å². The van der Waals surface area contributed by atoms with E-state index in [4.69, 9.17) is 0 Å². The lowest BCUT2D eigenvalue weighted by molar-refractivity contribution is -0.152. The van der Waals surface area contributed by atoms with Crippen LogP contribution in [0.4, 0.5) is 0 Å². The summed E-state index contributed by atoms with van der Waals surface area (Å²) in [5.74, 6) is -1.33. The lowest BCUT2D eigenvalue weighted by atomic mass is 9.90. The summed E-state index contributed by atoms with van der Waals surface area (Å²) in [7, 11) is 0. The van der Waals surface area contributed by atoms with Crippen molar-refractivity contribution in [1.29, 1.82) is 0 Å². The van der Waals surface area contributed by atoms with Gasteiger partial charge in [0.05, 0.1) is 5.57 Å². The molecule has 1 atom stereocenters. The van der Waals surface area contributed by atoms with Crippen LogP contribution < -0.4 is 0 Å². The van der Waals surface area contributed by atoms with E-state index in [0.717, 1.165) is 12.0 Å². The molecule has 2 rings (SSSR count). The Bertz CT molecular complexity index is 323. The molecule has 0 aromatic rings. The van der Waals surface area contributed by atoms with Gasteiger partial charge < -0.3 is 4.74 Å². The van der Waals surface area contributed by atoms with E-state index in [2.05, 4.69) is 4.74 Å². The van der Waals surface area contributed by atoms with Crippen LogP contribution in [-0.2, 0) is 14.3 Å². The first-order valence-corrected chi connectivity index (χ1v) is 3.82. The van der Waals surface area contributed by atoms with E-state index < -0.39 is 17.9 Å². The highest BCUT2D eigenvalue weighted by atomic mass is 16.6. The van der Waals surface area contributed by atoms with Gasteiger partial charge in [-0.25, -0.2) is 4.79 Å². The Labute approximate surface area is 69.7 Å². The molecule has 0 radical (unpaired) electrons. The lowest BCUT2D eigenvalue weighted by Crippen LogP contribution is -2.09. The highest BCUT2D eigenvalue weighted by Gasteiger charge is 2.39. The van der Waals surface area contributed by atoms with E-state index in [1.54, 1.807) is 6.08 Å². The number of fused-ring (bicyclic) bond motifs is 1. The summed E-state index contributed by atoms with van der Waals surface area (Å²) in [6.07, 6.45) is 4.37. The molecular formula is C9H8O3. The van der Waals surface area contributed by atoms with Crippen LogP contribution >= 0.6 is 0 Å². The lowest BCUT2D eigenvalue weighted by Gasteiger charge is -2.08. The largest absolute Gasteiger partial charge is 0.389 e. The van der Waals surface area contributed by atoms with E-state index in [0.29, 0.717) is 5.57 Å². The van der Waals surface area contributed by atoms with E-state index in [-0.39, 0.29) is 0 Å². The second kappa shape index (κ2) is 2.30. The molecule has 1 saturated heterocycles. The van der Waals surface area contributed by atoms with Crippen molar-refractivity contribution in [3.8, 4) is 0 Å². The van der Waals surface area contributed by atoms with Crippen molar-refractivity contribution in [3.63, 3.8) is 0 Å². The Morgan fingerprint density at radius 3 is 2.92 bits per heavy atom. The molecule has 0 N–H and O–H groups in total. The van der Waals surface area contributed by atoms with Crippen LogP contribution in [0.5, 0.6) is 0 Å². The standard InChI is InChI=1S/C9H8O3/c1-5-3-2-4-6-7(5)9(11)12-8(6)10/h2,4,6H,3H2,1H3. The number of allylic oxidation sites excluding steroid dienone is 2. The molecule has 1 aliphatic heterocycles. The fourth-order valence-corrected chi connectivity index (χ4v) is 1.56. The van der Waals surface area contributed by atoms with Crippen molar-refractivity contribution in [2.45, 2.75) is 13.3 Å². The summed E-state index contributed by atoms with van der Waals surface area (Å²) in [5, 5.41) is 0. The maximum absolute atomic E-state index is 11.1. The fraction of sp³-hybridized carbons (Fsp3) is 0.333. The van der Waals surface area contributed by atoms with Crippen LogP contribution in [0.3, 0.4) is 0 Å². The first-order valence-electron chi connectivity index (χ1n) is 3.82. The van der Waals surface area contributed by atoms with Crippen molar-refractivity contribution in [1.82, 2.24) is 0 Å².